The molecule has 0 rings (SSSR count). The van der Waals surface area contributed by atoms with E-state index in [0.717, 1.165) is 0 Å². The molecule has 32 heavy (non-hydrogen) atoms. The monoisotopic (exact) mass is 459 g/mol. The molecule has 6 atom stereocenters. The fourth-order valence-corrected chi connectivity index (χ4v) is 2.71. The number of hydrogen-bond donors (Lipinski definition) is 7. The van der Waals surface area contributed by atoms with Crippen molar-refractivity contribution in [3.63, 3.8) is 0 Å². The number of primary amides is 1. The summed E-state index contributed by atoms with van der Waals surface area (Å²) in [7, 11) is 0. The third kappa shape index (κ3) is 9.60. The summed E-state index contributed by atoms with van der Waals surface area (Å²) in [6.07, 6.45) is -1.39. The molecule has 0 aromatic carbocycles. The molecule has 4 amide bonds. The Morgan fingerprint density at radius 2 is 1.38 bits per heavy atom. The van der Waals surface area contributed by atoms with Crippen molar-refractivity contribution in [1.82, 2.24) is 16.0 Å². The molecule has 0 aromatic rings. The van der Waals surface area contributed by atoms with Gasteiger partial charge in [-0.1, -0.05) is 34.1 Å². The minimum Gasteiger partial charge on any atom is -0.480 e. The van der Waals surface area contributed by atoms with E-state index in [9.17, 15) is 34.2 Å². The topological polar surface area (TPSA) is 214 Å². The van der Waals surface area contributed by atoms with E-state index in [2.05, 4.69) is 16.0 Å². The number of nitrogens with two attached hydrogens (primary N) is 2. The Balaban J connectivity index is 5.48. The van der Waals surface area contributed by atoms with E-state index >= 15 is 0 Å². The highest BCUT2D eigenvalue weighted by atomic mass is 16.4. The molecule has 184 valence electrons. The molecule has 0 bridgehead atoms. The summed E-state index contributed by atoms with van der Waals surface area (Å²) in [4.78, 5) is 60.1. The number of aliphatic hydroxyl groups is 1. The van der Waals surface area contributed by atoms with Crippen molar-refractivity contribution in [1.29, 1.82) is 0 Å². The molecule has 0 saturated heterocycles. The number of nitrogens with one attached hydrogen (secondary N) is 3. The first-order valence-electron chi connectivity index (χ1n) is 10.6. The van der Waals surface area contributed by atoms with Gasteiger partial charge in [-0.25, -0.2) is 4.79 Å². The van der Waals surface area contributed by atoms with E-state index in [1.54, 1.807) is 20.8 Å². The maximum atomic E-state index is 12.9. The second kappa shape index (κ2) is 13.6. The van der Waals surface area contributed by atoms with Crippen molar-refractivity contribution >= 4 is 29.6 Å². The number of carbonyl (C=O) groups excluding carboxylic acids is 4. The normalized spacial score (nSPS) is 16.8. The van der Waals surface area contributed by atoms with Gasteiger partial charge < -0.3 is 37.6 Å². The number of carboxylic acid groups (broad SMARTS) is 1. The van der Waals surface area contributed by atoms with Crippen LogP contribution in [-0.4, -0.2) is 70.1 Å². The lowest BCUT2D eigenvalue weighted by Crippen LogP contribution is -2.61. The smallest absolute Gasteiger partial charge is 0.326 e. The predicted molar refractivity (Wildman–Crippen MR) is 116 cm³/mol. The van der Waals surface area contributed by atoms with Crippen molar-refractivity contribution in [3.8, 4) is 0 Å². The second-order valence-electron chi connectivity index (χ2n) is 8.27. The molecule has 12 heteroatoms. The summed E-state index contributed by atoms with van der Waals surface area (Å²) < 4.78 is 0. The first-order chi connectivity index (χ1) is 14.7. The van der Waals surface area contributed by atoms with Crippen LogP contribution in [0.15, 0.2) is 0 Å². The van der Waals surface area contributed by atoms with Crippen LogP contribution in [0.3, 0.4) is 0 Å². The zero-order valence-corrected chi connectivity index (χ0v) is 19.3. The van der Waals surface area contributed by atoms with Crippen LogP contribution in [0.4, 0.5) is 0 Å². The average Bonchev–Trinajstić information content (AvgIpc) is 2.70. The Morgan fingerprint density at radius 3 is 1.78 bits per heavy atom. The Kier molecular flexibility index (Phi) is 12.5. The van der Waals surface area contributed by atoms with Gasteiger partial charge in [-0.15, -0.1) is 0 Å². The van der Waals surface area contributed by atoms with Crippen LogP contribution in [-0.2, 0) is 24.0 Å². The summed E-state index contributed by atoms with van der Waals surface area (Å²) in [5.74, 6) is -4.85. The Bertz CT molecular complexity index is 683. The summed E-state index contributed by atoms with van der Waals surface area (Å²) in [6.45, 7) is 8.30. The van der Waals surface area contributed by atoms with Crippen molar-refractivity contribution in [2.45, 2.75) is 84.2 Å². The molecule has 6 unspecified atom stereocenters. The van der Waals surface area contributed by atoms with Crippen LogP contribution in [0, 0.1) is 11.8 Å². The van der Waals surface area contributed by atoms with Crippen molar-refractivity contribution in [2.75, 3.05) is 0 Å². The van der Waals surface area contributed by atoms with Gasteiger partial charge in [0, 0.05) is 6.42 Å². The largest absolute Gasteiger partial charge is 0.480 e. The third-order valence-electron chi connectivity index (χ3n) is 5.17. The Hall–Kier alpha value is -2.73. The molecule has 0 radical (unpaired) electrons. The molecule has 0 aliphatic carbocycles. The summed E-state index contributed by atoms with van der Waals surface area (Å²) in [5, 5.41) is 26.4. The fourth-order valence-electron chi connectivity index (χ4n) is 2.71. The van der Waals surface area contributed by atoms with Gasteiger partial charge >= 0.3 is 5.97 Å². The van der Waals surface area contributed by atoms with Gasteiger partial charge in [-0.2, -0.15) is 0 Å². The lowest BCUT2D eigenvalue weighted by atomic mass is 9.96. The second-order valence-corrected chi connectivity index (χ2v) is 8.27. The average molecular weight is 460 g/mol. The highest BCUT2D eigenvalue weighted by Crippen LogP contribution is 2.11. The summed E-state index contributed by atoms with van der Waals surface area (Å²) in [5.41, 5.74) is 10.9. The minimum absolute atomic E-state index is 0.167. The molecule has 0 fully saturated rings. The van der Waals surface area contributed by atoms with Gasteiger partial charge in [0.15, 0.2) is 0 Å². The Morgan fingerprint density at radius 1 is 0.875 bits per heavy atom. The molecule has 0 spiro atoms. The molecule has 9 N–H and O–H groups in total. The van der Waals surface area contributed by atoms with Crippen LogP contribution in [0.1, 0.15) is 53.9 Å². The van der Waals surface area contributed by atoms with Crippen LogP contribution in [0.5, 0.6) is 0 Å². The Labute approximate surface area is 187 Å². The van der Waals surface area contributed by atoms with Crippen LogP contribution < -0.4 is 27.4 Å². The van der Waals surface area contributed by atoms with E-state index in [0.29, 0.717) is 6.42 Å². The standard InChI is InChI=1S/C20H37N5O7/c1-6-10(4)15(24-17(28)14(22)9(2)3)18(29)25-16(11(5)26)19(30)23-12(20(31)32)7-8-13(21)27/h9-12,14-16,26H,6-8,22H2,1-5H3,(H2,21,27)(H,23,30)(H,24,28)(H,25,29)(H,31,32). The fraction of sp³-hybridized carbons (Fsp3) is 0.750. The zero-order chi connectivity index (χ0) is 25.2. The number of amides is 4. The number of aliphatic hydroxyl groups excluding tert-OH is 1. The maximum Gasteiger partial charge on any atom is 0.326 e. The molecule has 0 aliphatic heterocycles. The summed E-state index contributed by atoms with van der Waals surface area (Å²) in [6, 6.07) is -4.81. The molecule has 0 heterocycles. The lowest BCUT2D eigenvalue weighted by Gasteiger charge is -2.29. The lowest BCUT2D eigenvalue weighted by molar-refractivity contribution is -0.143. The van der Waals surface area contributed by atoms with Gasteiger partial charge in [0.2, 0.25) is 23.6 Å². The van der Waals surface area contributed by atoms with Gasteiger partial charge in [-0.3, -0.25) is 19.2 Å². The molecule has 0 saturated carbocycles. The van der Waals surface area contributed by atoms with Gasteiger partial charge in [0.05, 0.1) is 12.1 Å². The van der Waals surface area contributed by atoms with Gasteiger partial charge in [0.1, 0.15) is 18.1 Å². The van der Waals surface area contributed by atoms with Crippen molar-refractivity contribution < 1.29 is 34.2 Å². The molecule has 0 aromatic heterocycles. The SMILES string of the molecule is CCC(C)C(NC(=O)C(N)C(C)C)C(=O)NC(C(=O)NC(CCC(N)=O)C(=O)O)C(C)O. The summed E-state index contributed by atoms with van der Waals surface area (Å²) >= 11 is 0. The van der Waals surface area contributed by atoms with Crippen molar-refractivity contribution in [2.24, 2.45) is 23.3 Å². The molecular weight excluding hydrogens is 422 g/mol. The molecular formula is C20H37N5O7. The van der Waals surface area contributed by atoms with E-state index in [-0.39, 0.29) is 24.7 Å². The van der Waals surface area contributed by atoms with E-state index < -0.39 is 59.9 Å². The maximum absolute atomic E-state index is 12.9. The van der Waals surface area contributed by atoms with Crippen LogP contribution >= 0.6 is 0 Å². The van der Waals surface area contributed by atoms with E-state index in [4.69, 9.17) is 11.5 Å². The van der Waals surface area contributed by atoms with Crippen molar-refractivity contribution in [3.05, 3.63) is 0 Å². The first kappa shape index (κ1) is 29.3. The van der Waals surface area contributed by atoms with Gasteiger partial charge in [-0.05, 0) is 25.2 Å². The number of rotatable bonds is 14. The van der Waals surface area contributed by atoms with E-state index in [1.807, 2.05) is 6.92 Å². The quantitative estimate of drug-likeness (QED) is 0.157. The number of carboxylic acids is 1. The molecule has 12 nitrogen and oxygen atoms in total. The highest BCUT2D eigenvalue weighted by Gasteiger charge is 2.34. The molecule has 0 aliphatic rings. The first-order valence-corrected chi connectivity index (χ1v) is 10.6. The van der Waals surface area contributed by atoms with E-state index in [1.165, 1.54) is 6.92 Å². The third-order valence-corrected chi connectivity index (χ3v) is 5.17. The van der Waals surface area contributed by atoms with Gasteiger partial charge in [0.25, 0.3) is 0 Å². The predicted octanol–water partition coefficient (Wildman–Crippen LogP) is -1.80. The van der Waals surface area contributed by atoms with Crippen LogP contribution in [0.25, 0.3) is 0 Å². The number of carbonyl (C=O) groups is 5. The zero-order valence-electron chi connectivity index (χ0n) is 19.3. The van der Waals surface area contributed by atoms with Crippen LogP contribution in [0.2, 0.25) is 0 Å². The number of hydrogen-bond acceptors (Lipinski definition) is 7. The number of aliphatic carboxylic acids is 1. The minimum atomic E-state index is -1.50. The highest BCUT2D eigenvalue weighted by molar-refractivity contribution is 5.94.